The Hall–Kier alpha value is -1.62. The Labute approximate surface area is 108 Å². The van der Waals surface area contributed by atoms with Crippen molar-refractivity contribution in [2.75, 3.05) is 42.9 Å². The molecule has 5 nitrogen and oxygen atoms in total. The van der Waals surface area contributed by atoms with E-state index in [0.717, 1.165) is 37.8 Å². The quantitative estimate of drug-likeness (QED) is 0.781. The van der Waals surface area contributed by atoms with Crippen LogP contribution in [0.25, 0.3) is 0 Å². The molecule has 1 atom stereocenters. The van der Waals surface area contributed by atoms with Crippen molar-refractivity contribution in [2.45, 2.75) is 6.92 Å². The Morgan fingerprint density at radius 2 is 2.50 bits per heavy atom. The van der Waals surface area contributed by atoms with Crippen molar-refractivity contribution in [1.29, 1.82) is 0 Å². The maximum Gasteiger partial charge on any atom is 0.134 e. The minimum absolute atomic E-state index is 0.632. The van der Waals surface area contributed by atoms with Gasteiger partial charge in [0.2, 0.25) is 0 Å². The molecule has 2 heterocycles. The van der Waals surface area contributed by atoms with Gasteiger partial charge >= 0.3 is 0 Å². The highest BCUT2D eigenvalue weighted by atomic mass is 15.2. The zero-order valence-corrected chi connectivity index (χ0v) is 10.9. The van der Waals surface area contributed by atoms with Gasteiger partial charge in [-0.05, 0) is 12.5 Å². The molecule has 1 aliphatic rings. The maximum absolute atomic E-state index is 4.37. The summed E-state index contributed by atoms with van der Waals surface area (Å²) in [5, 5.41) is 6.62. The van der Waals surface area contributed by atoms with Crippen LogP contribution in [0, 0.1) is 5.92 Å². The first-order valence-corrected chi connectivity index (χ1v) is 6.42. The van der Waals surface area contributed by atoms with E-state index in [0.29, 0.717) is 12.5 Å². The smallest absolute Gasteiger partial charge is 0.134 e. The SMILES string of the molecule is C=CCNc1cc(N2CCNCC(C)C2)ncn1. The first kappa shape index (κ1) is 12.8. The van der Waals surface area contributed by atoms with Crippen LogP contribution in [0.1, 0.15) is 6.92 Å². The minimum Gasteiger partial charge on any atom is -0.366 e. The van der Waals surface area contributed by atoms with Gasteiger partial charge in [-0.15, -0.1) is 6.58 Å². The average molecular weight is 247 g/mol. The fourth-order valence-electron chi connectivity index (χ4n) is 2.10. The fraction of sp³-hybridized carbons (Fsp3) is 0.538. The molecule has 18 heavy (non-hydrogen) atoms. The Balaban J connectivity index is 2.08. The van der Waals surface area contributed by atoms with Gasteiger partial charge < -0.3 is 15.5 Å². The standard InChI is InChI=1S/C13H21N5/c1-3-4-15-12-7-13(17-10-16-12)18-6-5-14-8-11(2)9-18/h3,7,10-11,14H,1,4-6,8-9H2,2H3,(H,15,16,17). The number of rotatable bonds is 4. The molecule has 98 valence electrons. The van der Waals surface area contributed by atoms with Crippen LogP contribution in [-0.2, 0) is 0 Å². The Bertz CT molecular complexity index is 393. The highest BCUT2D eigenvalue weighted by Gasteiger charge is 2.15. The van der Waals surface area contributed by atoms with Crippen LogP contribution in [0.15, 0.2) is 25.0 Å². The largest absolute Gasteiger partial charge is 0.366 e. The molecule has 1 aromatic rings. The van der Waals surface area contributed by atoms with Crippen molar-refractivity contribution in [3.8, 4) is 0 Å². The van der Waals surface area contributed by atoms with E-state index in [1.165, 1.54) is 0 Å². The van der Waals surface area contributed by atoms with E-state index in [1.54, 1.807) is 6.33 Å². The average Bonchev–Trinajstić information content (AvgIpc) is 2.61. The lowest BCUT2D eigenvalue weighted by atomic mass is 10.2. The number of hydrogen-bond donors (Lipinski definition) is 2. The summed E-state index contributed by atoms with van der Waals surface area (Å²) in [4.78, 5) is 10.9. The van der Waals surface area contributed by atoms with Crippen molar-refractivity contribution in [3.63, 3.8) is 0 Å². The molecule has 1 aliphatic heterocycles. The third kappa shape index (κ3) is 3.43. The summed E-state index contributed by atoms with van der Waals surface area (Å²) in [5.41, 5.74) is 0. The van der Waals surface area contributed by atoms with Gasteiger partial charge in [-0.1, -0.05) is 13.0 Å². The summed E-state index contributed by atoms with van der Waals surface area (Å²) < 4.78 is 0. The lowest BCUT2D eigenvalue weighted by molar-refractivity contribution is 0.563. The van der Waals surface area contributed by atoms with E-state index in [1.807, 2.05) is 12.1 Å². The van der Waals surface area contributed by atoms with Crippen LogP contribution >= 0.6 is 0 Å². The maximum atomic E-state index is 4.37. The van der Waals surface area contributed by atoms with Crippen LogP contribution < -0.4 is 15.5 Å². The second kappa shape index (κ2) is 6.35. The van der Waals surface area contributed by atoms with Crippen molar-refractivity contribution in [3.05, 3.63) is 25.0 Å². The molecule has 0 aromatic carbocycles. The zero-order chi connectivity index (χ0) is 12.8. The van der Waals surface area contributed by atoms with Gasteiger partial charge in [0.25, 0.3) is 0 Å². The normalized spacial score (nSPS) is 20.3. The predicted molar refractivity (Wildman–Crippen MR) is 75.0 cm³/mol. The molecule has 0 amide bonds. The van der Waals surface area contributed by atoms with Gasteiger partial charge in [0.1, 0.15) is 18.0 Å². The Morgan fingerprint density at radius 3 is 3.33 bits per heavy atom. The molecule has 0 bridgehead atoms. The highest BCUT2D eigenvalue weighted by Crippen LogP contribution is 2.16. The summed E-state index contributed by atoms with van der Waals surface area (Å²) in [6.45, 7) is 10.8. The van der Waals surface area contributed by atoms with Crippen LogP contribution in [0.2, 0.25) is 0 Å². The van der Waals surface area contributed by atoms with Crippen molar-refractivity contribution >= 4 is 11.6 Å². The monoisotopic (exact) mass is 247 g/mol. The summed E-state index contributed by atoms with van der Waals surface area (Å²) in [7, 11) is 0. The van der Waals surface area contributed by atoms with Crippen molar-refractivity contribution in [2.24, 2.45) is 5.92 Å². The Kier molecular flexibility index (Phi) is 4.52. The number of hydrogen-bond acceptors (Lipinski definition) is 5. The summed E-state index contributed by atoms with van der Waals surface area (Å²) in [6.07, 6.45) is 3.43. The molecule has 1 unspecified atom stereocenters. The van der Waals surface area contributed by atoms with E-state index in [-0.39, 0.29) is 0 Å². The van der Waals surface area contributed by atoms with Crippen LogP contribution in [-0.4, -0.2) is 42.7 Å². The molecule has 2 N–H and O–H groups in total. The summed E-state index contributed by atoms with van der Waals surface area (Å²) in [5.74, 6) is 2.48. The van der Waals surface area contributed by atoms with Gasteiger partial charge in [0.05, 0.1) is 0 Å². The zero-order valence-electron chi connectivity index (χ0n) is 10.9. The van der Waals surface area contributed by atoms with Crippen LogP contribution in [0.4, 0.5) is 11.6 Å². The molecular weight excluding hydrogens is 226 g/mol. The fourth-order valence-corrected chi connectivity index (χ4v) is 2.10. The van der Waals surface area contributed by atoms with Gasteiger partial charge in [-0.25, -0.2) is 9.97 Å². The van der Waals surface area contributed by atoms with Crippen LogP contribution in [0.5, 0.6) is 0 Å². The molecule has 1 aromatic heterocycles. The second-order valence-electron chi connectivity index (χ2n) is 4.69. The third-order valence-electron chi connectivity index (χ3n) is 2.99. The number of nitrogens with zero attached hydrogens (tertiary/aromatic N) is 3. The molecule has 5 heteroatoms. The molecule has 1 saturated heterocycles. The number of anilines is 2. The highest BCUT2D eigenvalue weighted by molar-refractivity contribution is 5.48. The molecule has 2 rings (SSSR count). The van der Waals surface area contributed by atoms with Gasteiger partial charge in [0.15, 0.2) is 0 Å². The van der Waals surface area contributed by atoms with Crippen molar-refractivity contribution in [1.82, 2.24) is 15.3 Å². The lowest BCUT2D eigenvalue weighted by Gasteiger charge is -2.23. The first-order chi connectivity index (χ1) is 8.79. The molecular formula is C13H21N5. The minimum atomic E-state index is 0.632. The first-order valence-electron chi connectivity index (χ1n) is 6.42. The van der Waals surface area contributed by atoms with Crippen molar-refractivity contribution < 1.29 is 0 Å². The lowest BCUT2D eigenvalue weighted by Crippen LogP contribution is -2.30. The third-order valence-corrected chi connectivity index (χ3v) is 2.99. The van der Waals surface area contributed by atoms with E-state index >= 15 is 0 Å². The van der Waals surface area contributed by atoms with E-state index in [4.69, 9.17) is 0 Å². The van der Waals surface area contributed by atoms with E-state index in [2.05, 4.69) is 39.0 Å². The molecule has 0 saturated carbocycles. The van der Waals surface area contributed by atoms with Crippen LogP contribution in [0.3, 0.4) is 0 Å². The van der Waals surface area contributed by atoms with E-state index < -0.39 is 0 Å². The van der Waals surface area contributed by atoms with Gasteiger partial charge in [-0.3, -0.25) is 0 Å². The second-order valence-corrected chi connectivity index (χ2v) is 4.69. The van der Waals surface area contributed by atoms with Gasteiger partial charge in [0, 0.05) is 32.2 Å². The predicted octanol–water partition coefficient (Wildman–Crippen LogP) is 1.12. The summed E-state index contributed by atoms with van der Waals surface area (Å²) in [6, 6.07) is 2.00. The van der Waals surface area contributed by atoms with Gasteiger partial charge in [-0.2, -0.15) is 0 Å². The molecule has 1 fully saturated rings. The molecule has 0 aliphatic carbocycles. The molecule has 0 spiro atoms. The number of nitrogens with one attached hydrogen (secondary N) is 2. The topological polar surface area (TPSA) is 53.1 Å². The number of aromatic nitrogens is 2. The summed E-state index contributed by atoms with van der Waals surface area (Å²) >= 11 is 0. The van der Waals surface area contributed by atoms with E-state index in [9.17, 15) is 0 Å². The molecule has 0 radical (unpaired) electrons. The Morgan fingerprint density at radius 1 is 1.61 bits per heavy atom.